The number of Topliss-reactive ketones (excluding diaryl/α,β-unsaturated/α-hetero) is 1. The van der Waals surface area contributed by atoms with Gasteiger partial charge >= 0.3 is 0 Å². The molecule has 0 aliphatic carbocycles. The maximum atomic E-state index is 13.6. The highest BCUT2D eigenvalue weighted by molar-refractivity contribution is 5.99. The zero-order valence-electron chi connectivity index (χ0n) is 10.9. The smallest absolute Gasteiger partial charge is 0.201 e. The predicted molar refractivity (Wildman–Crippen MR) is 69.4 cm³/mol. The molecule has 0 radical (unpaired) electrons. The third-order valence-electron chi connectivity index (χ3n) is 2.70. The van der Waals surface area contributed by atoms with E-state index in [4.69, 9.17) is 9.47 Å². The summed E-state index contributed by atoms with van der Waals surface area (Å²) in [5.74, 6) is -2.29. The van der Waals surface area contributed by atoms with Crippen molar-refractivity contribution in [3.05, 3.63) is 53.6 Å². The van der Waals surface area contributed by atoms with Crippen LogP contribution in [-0.4, -0.2) is 12.9 Å². The summed E-state index contributed by atoms with van der Waals surface area (Å²) in [6.07, 6.45) is 0. The fourth-order valence-electron chi connectivity index (χ4n) is 1.79. The number of benzene rings is 2. The monoisotopic (exact) mass is 278 g/mol. The molecule has 104 valence electrons. The van der Waals surface area contributed by atoms with Crippen LogP contribution in [0, 0.1) is 11.6 Å². The van der Waals surface area contributed by atoms with Crippen LogP contribution in [0.15, 0.2) is 36.4 Å². The molecule has 2 aromatic rings. The van der Waals surface area contributed by atoms with Gasteiger partial charge in [-0.1, -0.05) is 12.1 Å². The van der Waals surface area contributed by atoms with Crippen molar-refractivity contribution in [2.45, 2.75) is 6.92 Å². The molecule has 0 saturated heterocycles. The van der Waals surface area contributed by atoms with Gasteiger partial charge in [0.2, 0.25) is 5.82 Å². The molecule has 0 heterocycles. The van der Waals surface area contributed by atoms with Gasteiger partial charge in [0, 0.05) is 0 Å². The molecule has 0 amide bonds. The van der Waals surface area contributed by atoms with Gasteiger partial charge in [0.25, 0.3) is 0 Å². The largest absolute Gasteiger partial charge is 0.496 e. The van der Waals surface area contributed by atoms with Crippen molar-refractivity contribution < 1.29 is 23.0 Å². The molecule has 0 spiro atoms. The van der Waals surface area contributed by atoms with E-state index in [1.165, 1.54) is 32.2 Å². The summed E-state index contributed by atoms with van der Waals surface area (Å²) >= 11 is 0. The van der Waals surface area contributed by atoms with E-state index < -0.39 is 11.6 Å². The minimum Gasteiger partial charge on any atom is -0.496 e. The molecule has 2 rings (SSSR count). The van der Waals surface area contributed by atoms with E-state index in [1.807, 2.05) is 0 Å². The SMILES string of the molecule is COc1cccc(Oc2cccc(F)c2F)c1C(C)=O. The average molecular weight is 278 g/mol. The minimum absolute atomic E-state index is 0.112. The summed E-state index contributed by atoms with van der Waals surface area (Å²) < 4.78 is 37.1. The number of halogens is 2. The Morgan fingerprint density at radius 2 is 1.60 bits per heavy atom. The molecular weight excluding hydrogens is 266 g/mol. The lowest BCUT2D eigenvalue weighted by Gasteiger charge is -2.13. The van der Waals surface area contributed by atoms with Gasteiger partial charge in [0.15, 0.2) is 17.3 Å². The van der Waals surface area contributed by atoms with Gasteiger partial charge in [-0.25, -0.2) is 4.39 Å². The number of carbonyl (C=O) groups is 1. The van der Waals surface area contributed by atoms with E-state index in [-0.39, 0.29) is 22.8 Å². The lowest BCUT2D eigenvalue weighted by Crippen LogP contribution is -2.02. The third kappa shape index (κ3) is 2.61. The normalized spacial score (nSPS) is 10.2. The summed E-state index contributed by atoms with van der Waals surface area (Å²) in [4.78, 5) is 11.7. The average Bonchev–Trinajstić information content (AvgIpc) is 2.43. The minimum atomic E-state index is -1.11. The molecule has 0 fully saturated rings. The zero-order valence-corrected chi connectivity index (χ0v) is 10.9. The maximum absolute atomic E-state index is 13.6. The van der Waals surface area contributed by atoms with Gasteiger partial charge in [-0.05, 0) is 31.2 Å². The van der Waals surface area contributed by atoms with Crippen LogP contribution in [0.1, 0.15) is 17.3 Å². The lowest BCUT2D eigenvalue weighted by atomic mass is 10.1. The van der Waals surface area contributed by atoms with E-state index in [0.717, 1.165) is 6.07 Å². The molecule has 3 nitrogen and oxygen atoms in total. The van der Waals surface area contributed by atoms with Gasteiger partial charge in [-0.2, -0.15) is 4.39 Å². The van der Waals surface area contributed by atoms with E-state index in [9.17, 15) is 13.6 Å². The zero-order chi connectivity index (χ0) is 14.7. The number of ether oxygens (including phenoxy) is 2. The molecule has 0 unspecified atom stereocenters. The predicted octanol–water partition coefficient (Wildman–Crippen LogP) is 3.97. The van der Waals surface area contributed by atoms with Crippen LogP contribution in [0.4, 0.5) is 8.78 Å². The Labute approximate surface area is 114 Å². The summed E-state index contributed by atoms with van der Waals surface area (Å²) in [6.45, 7) is 1.34. The van der Waals surface area contributed by atoms with Crippen LogP contribution in [0.25, 0.3) is 0 Å². The van der Waals surface area contributed by atoms with E-state index in [0.29, 0.717) is 5.75 Å². The Morgan fingerprint density at radius 3 is 2.25 bits per heavy atom. The highest BCUT2D eigenvalue weighted by Gasteiger charge is 2.17. The molecule has 5 heteroatoms. The molecule has 20 heavy (non-hydrogen) atoms. The lowest BCUT2D eigenvalue weighted by molar-refractivity contribution is 0.101. The first kappa shape index (κ1) is 14.0. The van der Waals surface area contributed by atoms with Crippen LogP contribution in [0.2, 0.25) is 0 Å². The van der Waals surface area contributed by atoms with Crippen LogP contribution in [0.3, 0.4) is 0 Å². The van der Waals surface area contributed by atoms with Crippen LogP contribution >= 0.6 is 0 Å². The third-order valence-corrected chi connectivity index (χ3v) is 2.70. The van der Waals surface area contributed by atoms with Gasteiger partial charge in [0.05, 0.1) is 7.11 Å². The molecule has 0 atom stereocenters. The van der Waals surface area contributed by atoms with Crippen LogP contribution in [0.5, 0.6) is 17.2 Å². The van der Waals surface area contributed by atoms with Gasteiger partial charge in [-0.15, -0.1) is 0 Å². The number of hydrogen-bond acceptors (Lipinski definition) is 3. The highest BCUT2D eigenvalue weighted by atomic mass is 19.2. The molecule has 2 aromatic carbocycles. The quantitative estimate of drug-likeness (QED) is 0.794. The van der Waals surface area contributed by atoms with Crippen molar-refractivity contribution in [1.29, 1.82) is 0 Å². The van der Waals surface area contributed by atoms with Crippen molar-refractivity contribution in [3.63, 3.8) is 0 Å². The summed E-state index contributed by atoms with van der Waals surface area (Å²) in [5, 5.41) is 0. The summed E-state index contributed by atoms with van der Waals surface area (Å²) in [5.41, 5.74) is 0.179. The Kier molecular flexibility index (Phi) is 3.98. The van der Waals surface area contributed by atoms with E-state index in [2.05, 4.69) is 0 Å². The number of methoxy groups -OCH3 is 1. The number of hydrogen-bond donors (Lipinski definition) is 0. The van der Waals surface area contributed by atoms with Gasteiger partial charge in [-0.3, -0.25) is 4.79 Å². The van der Waals surface area contributed by atoms with Crippen LogP contribution < -0.4 is 9.47 Å². The highest BCUT2D eigenvalue weighted by Crippen LogP contribution is 2.33. The Bertz CT molecular complexity index is 654. The second kappa shape index (κ2) is 5.69. The molecule has 0 N–H and O–H groups in total. The van der Waals surface area contributed by atoms with Crippen molar-refractivity contribution >= 4 is 5.78 Å². The Hall–Kier alpha value is -2.43. The number of carbonyl (C=O) groups excluding carboxylic acids is 1. The molecular formula is C15H12F2O3. The molecule has 0 bridgehead atoms. The van der Waals surface area contributed by atoms with E-state index >= 15 is 0 Å². The van der Waals surface area contributed by atoms with Crippen molar-refractivity contribution in [1.82, 2.24) is 0 Å². The maximum Gasteiger partial charge on any atom is 0.201 e. The fraction of sp³-hybridized carbons (Fsp3) is 0.133. The van der Waals surface area contributed by atoms with Crippen LogP contribution in [-0.2, 0) is 0 Å². The van der Waals surface area contributed by atoms with E-state index in [1.54, 1.807) is 12.1 Å². The number of ketones is 1. The first-order valence-corrected chi connectivity index (χ1v) is 5.84. The van der Waals surface area contributed by atoms with Gasteiger partial charge < -0.3 is 9.47 Å². The topological polar surface area (TPSA) is 35.5 Å². The van der Waals surface area contributed by atoms with Crippen molar-refractivity contribution in [2.24, 2.45) is 0 Å². The first-order valence-electron chi connectivity index (χ1n) is 5.84. The molecule has 0 aromatic heterocycles. The standard InChI is InChI=1S/C15H12F2O3/c1-9(18)14-11(19-2)6-4-7-12(14)20-13-8-3-5-10(16)15(13)17/h3-8H,1-2H3. The van der Waals surface area contributed by atoms with Gasteiger partial charge in [0.1, 0.15) is 17.1 Å². The van der Waals surface area contributed by atoms with Crippen molar-refractivity contribution in [2.75, 3.05) is 7.11 Å². The molecule has 0 aliphatic heterocycles. The van der Waals surface area contributed by atoms with Crippen molar-refractivity contribution in [3.8, 4) is 17.2 Å². The fourth-order valence-corrected chi connectivity index (χ4v) is 1.79. The summed E-state index contributed by atoms with van der Waals surface area (Å²) in [6, 6.07) is 8.26. The Morgan fingerprint density at radius 1 is 1.00 bits per heavy atom. The summed E-state index contributed by atoms with van der Waals surface area (Å²) in [7, 11) is 1.41. The first-order chi connectivity index (χ1) is 9.54. The second-order valence-electron chi connectivity index (χ2n) is 4.04. The molecule has 0 aliphatic rings. The number of rotatable bonds is 4. The second-order valence-corrected chi connectivity index (χ2v) is 4.04. The molecule has 0 saturated carbocycles. The Balaban J connectivity index is 2.48.